The Morgan fingerprint density at radius 1 is 1.24 bits per heavy atom. The number of aliphatic hydroxyl groups is 1. The summed E-state index contributed by atoms with van der Waals surface area (Å²) >= 11 is 0. The Labute approximate surface area is 103 Å². The van der Waals surface area contributed by atoms with E-state index in [4.69, 9.17) is 0 Å². The number of nitrogens with one attached hydrogen (secondary N) is 1. The summed E-state index contributed by atoms with van der Waals surface area (Å²) in [4.78, 5) is 0. The SMILES string of the molecule is CC1CCCC1N[C@@H]1c2ccccc2C[C@@H]1O. The van der Waals surface area contributed by atoms with Crippen molar-refractivity contribution in [1.82, 2.24) is 5.32 Å². The predicted octanol–water partition coefficient (Wildman–Crippen LogP) is 2.42. The van der Waals surface area contributed by atoms with Gasteiger partial charge in [-0.1, -0.05) is 37.6 Å². The number of hydrogen-bond acceptors (Lipinski definition) is 2. The minimum absolute atomic E-state index is 0.150. The molecule has 0 amide bonds. The highest BCUT2D eigenvalue weighted by Crippen LogP contribution is 2.34. The molecule has 1 saturated carbocycles. The van der Waals surface area contributed by atoms with E-state index in [2.05, 4.69) is 36.5 Å². The highest BCUT2D eigenvalue weighted by Gasteiger charge is 2.34. The molecule has 0 aliphatic heterocycles. The van der Waals surface area contributed by atoms with Gasteiger partial charge in [0.05, 0.1) is 12.1 Å². The van der Waals surface area contributed by atoms with E-state index in [0.717, 1.165) is 12.3 Å². The van der Waals surface area contributed by atoms with Crippen LogP contribution in [0, 0.1) is 5.92 Å². The molecular formula is C15H21NO. The van der Waals surface area contributed by atoms with Crippen LogP contribution in [0.4, 0.5) is 0 Å². The lowest BCUT2D eigenvalue weighted by Gasteiger charge is -2.25. The Balaban J connectivity index is 1.79. The van der Waals surface area contributed by atoms with Gasteiger partial charge in [-0.25, -0.2) is 0 Å². The number of rotatable bonds is 2. The van der Waals surface area contributed by atoms with E-state index in [1.165, 1.54) is 30.4 Å². The summed E-state index contributed by atoms with van der Waals surface area (Å²) in [6.45, 7) is 2.32. The molecule has 4 atom stereocenters. The van der Waals surface area contributed by atoms with Gasteiger partial charge >= 0.3 is 0 Å². The maximum Gasteiger partial charge on any atom is 0.0775 e. The molecule has 2 aliphatic rings. The molecule has 0 aromatic heterocycles. The second kappa shape index (κ2) is 4.43. The molecule has 2 nitrogen and oxygen atoms in total. The molecule has 92 valence electrons. The van der Waals surface area contributed by atoms with Crippen LogP contribution in [0.1, 0.15) is 43.4 Å². The van der Waals surface area contributed by atoms with E-state index in [0.29, 0.717) is 6.04 Å². The lowest BCUT2D eigenvalue weighted by Crippen LogP contribution is -2.38. The van der Waals surface area contributed by atoms with Crippen LogP contribution in [-0.4, -0.2) is 17.3 Å². The van der Waals surface area contributed by atoms with Crippen LogP contribution < -0.4 is 5.32 Å². The fourth-order valence-electron chi connectivity index (χ4n) is 3.40. The van der Waals surface area contributed by atoms with Gasteiger partial charge in [0.2, 0.25) is 0 Å². The summed E-state index contributed by atoms with van der Waals surface area (Å²) < 4.78 is 0. The quantitative estimate of drug-likeness (QED) is 0.819. The van der Waals surface area contributed by atoms with Crippen molar-refractivity contribution in [3.8, 4) is 0 Å². The molecule has 0 bridgehead atoms. The van der Waals surface area contributed by atoms with E-state index in [9.17, 15) is 5.11 Å². The minimum atomic E-state index is -0.250. The van der Waals surface area contributed by atoms with E-state index in [1.807, 2.05) is 0 Å². The Hall–Kier alpha value is -0.860. The smallest absolute Gasteiger partial charge is 0.0775 e. The standard InChI is InChI=1S/C15H21NO/c1-10-5-4-8-13(10)16-15-12-7-3-2-6-11(12)9-14(15)17/h2-3,6-7,10,13-17H,4-5,8-9H2,1H3/t10?,13?,14-,15+/m0/s1. The topological polar surface area (TPSA) is 32.3 Å². The summed E-state index contributed by atoms with van der Waals surface area (Å²) in [5.41, 5.74) is 2.61. The molecular weight excluding hydrogens is 210 g/mol. The molecule has 1 aromatic carbocycles. The highest BCUT2D eigenvalue weighted by atomic mass is 16.3. The lowest BCUT2D eigenvalue weighted by atomic mass is 10.0. The fraction of sp³-hybridized carbons (Fsp3) is 0.600. The maximum absolute atomic E-state index is 10.2. The van der Waals surface area contributed by atoms with Gasteiger partial charge in [-0.3, -0.25) is 0 Å². The van der Waals surface area contributed by atoms with Crippen LogP contribution in [0.3, 0.4) is 0 Å². The largest absolute Gasteiger partial charge is 0.391 e. The van der Waals surface area contributed by atoms with E-state index < -0.39 is 0 Å². The monoisotopic (exact) mass is 231 g/mol. The lowest BCUT2D eigenvalue weighted by molar-refractivity contribution is 0.131. The van der Waals surface area contributed by atoms with Crippen LogP contribution in [0.2, 0.25) is 0 Å². The first-order valence-corrected chi connectivity index (χ1v) is 6.77. The van der Waals surface area contributed by atoms with Crippen LogP contribution >= 0.6 is 0 Å². The van der Waals surface area contributed by atoms with Crippen LogP contribution in [0.15, 0.2) is 24.3 Å². The van der Waals surface area contributed by atoms with Crippen molar-refractivity contribution in [2.24, 2.45) is 5.92 Å². The van der Waals surface area contributed by atoms with Crippen molar-refractivity contribution >= 4 is 0 Å². The van der Waals surface area contributed by atoms with Gasteiger partial charge in [-0.05, 0) is 29.9 Å². The molecule has 0 spiro atoms. The van der Waals surface area contributed by atoms with Crippen molar-refractivity contribution in [2.45, 2.75) is 50.8 Å². The van der Waals surface area contributed by atoms with Gasteiger partial charge in [0.1, 0.15) is 0 Å². The van der Waals surface area contributed by atoms with Crippen molar-refractivity contribution < 1.29 is 5.11 Å². The second-order valence-corrected chi connectivity index (χ2v) is 5.63. The Bertz CT molecular complexity index is 404. The zero-order valence-electron chi connectivity index (χ0n) is 10.4. The molecule has 2 N–H and O–H groups in total. The van der Waals surface area contributed by atoms with Crippen molar-refractivity contribution in [1.29, 1.82) is 0 Å². The van der Waals surface area contributed by atoms with Gasteiger partial charge in [-0.2, -0.15) is 0 Å². The second-order valence-electron chi connectivity index (χ2n) is 5.63. The van der Waals surface area contributed by atoms with Gasteiger partial charge < -0.3 is 10.4 Å². The summed E-state index contributed by atoms with van der Waals surface area (Å²) in [5, 5.41) is 13.9. The zero-order chi connectivity index (χ0) is 11.8. The normalized spacial score (nSPS) is 36.1. The predicted molar refractivity (Wildman–Crippen MR) is 68.8 cm³/mol. The van der Waals surface area contributed by atoms with Gasteiger partial charge in [0.15, 0.2) is 0 Å². The van der Waals surface area contributed by atoms with Crippen LogP contribution in [0.25, 0.3) is 0 Å². The van der Waals surface area contributed by atoms with Crippen molar-refractivity contribution in [3.05, 3.63) is 35.4 Å². The molecule has 17 heavy (non-hydrogen) atoms. The molecule has 2 aliphatic carbocycles. The summed E-state index contributed by atoms with van der Waals surface area (Å²) in [6, 6.07) is 9.16. The first-order chi connectivity index (χ1) is 8.25. The van der Waals surface area contributed by atoms with Crippen LogP contribution in [0.5, 0.6) is 0 Å². The molecule has 0 heterocycles. The number of fused-ring (bicyclic) bond motifs is 1. The average Bonchev–Trinajstić information content (AvgIpc) is 2.85. The molecule has 0 saturated heterocycles. The molecule has 2 unspecified atom stereocenters. The van der Waals surface area contributed by atoms with Crippen molar-refractivity contribution in [2.75, 3.05) is 0 Å². The van der Waals surface area contributed by atoms with Crippen LogP contribution in [-0.2, 0) is 6.42 Å². The van der Waals surface area contributed by atoms with E-state index >= 15 is 0 Å². The zero-order valence-corrected chi connectivity index (χ0v) is 10.4. The third kappa shape index (κ3) is 2.00. The Morgan fingerprint density at radius 3 is 2.82 bits per heavy atom. The van der Waals surface area contributed by atoms with Gasteiger partial charge in [0.25, 0.3) is 0 Å². The maximum atomic E-state index is 10.2. The van der Waals surface area contributed by atoms with E-state index in [1.54, 1.807) is 0 Å². The minimum Gasteiger partial charge on any atom is -0.391 e. The third-order valence-electron chi connectivity index (χ3n) is 4.46. The molecule has 1 aromatic rings. The van der Waals surface area contributed by atoms with E-state index in [-0.39, 0.29) is 12.1 Å². The van der Waals surface area contributed by atoms with Gasteiger partial charge in [0, 0.05) is 12.5 Å². The first kappa shape index (κ1) is 11.2. The Kier molecular flexibility index (Phi) is 2.93. The summed E-state index contributed by atoms with van der Waals surface area (Å²) in [5.74, 6) is 0.745. The number of aliphatic hydroxyl groups excluding tert-OH is 1. The average molecular weight is 231 g/mol. The fourth-order valence-corrected chi connectivity index (χ4v) is 3.40. The Morgan fingerprint density at radius 2 is 2.06 bits per heavy atom. The molecule has 2 heteroatoms. The third-order valence-corrected chi connectivity index (χ3v) is 4.46. The molecule has 3 rings (SSSR count). The first-order valence-electron chi connectivity index (χ1n) is 6.77. The summed E-state index contributed by atoms with van der Waals surface area (Å²) in [6.07, 6.45) is 4.45. The van der Waals surface area contributed by atoms with Crippen molar-refractivity contribution in [3.63, 3.8) is 0 Å². The van der Waals surface area contributed by atoms with Gasteiger partial charge in [-0.15, -0.1) is 0 Å². The number of hydrogen-bond donors (Lipinski definition) is 2. The highest BCUT2D eigenvalue weighted by molar-refractivity contribution is 5.36. The summed E-state index contributed by atoms with van der Waals surface area (Å²) in [7, 11) is 0. The molecule has 0 radical (unpaired) electrons. The number of benzene rings is 1. The molecule has 1 fully saturated rings.